The summed E-state index contributed by atoms with van der Waals surface area (Å²) in [5.74, 6) is -0.119. The normalized spacial score (nSPS) is 25.4. The number of nitrogens with two attached hydrogens (primary N) is 1. The summed E-state index contributed by atoms with van der Waals surface area (Å²) in [6.45, 7) is -0.924. The number of ether oxygens (including phenoxy) is 2. The van der Waals surface area contributed by atoms with Crippen LogP contribution < -0.4 is 11.4 Å². The predicted molar refractivity (Wildman–Crippen MR) is 85.8 cm³/mol. The van der Waals surface area contributed by atoms with Crippen LogP contribution in [0.4, 0.5) is 10.2 Å². The van der Waals surface area contributed by atoms with E-state index in [0.717, 1.165) is 10.8 Å². The van der Waals surface area contributed by atoms with Crippen molar-refractivity contribution in [2.75, 3.05) is 12.3 Å². The molecule has 1 aromatic rings. The van der Waals surface area contributed by atoms with Crippen LogP contribution in [0.3, 0.4) is 0 Å². The van der Waals surface area contributed by atoms with E-state index < -0.39 is 57.1 Å². The van der Waals surface area contributed by atoms with Gasteiger partial charge in [0.2, 0.25) is 0 Å². The summed E-state index contributed by atoms with van der Waals surface area (Å²) in [6, 6.07) is 1.20. The van der Waals surface area contributed by atoms with Crippen molar-refractivity contribution in [3.05, 3.63) is 34.7 Å². The zero-order valence-electron chi connectivity index (χ0n) is 13.3. The lowest BCUT2D eigenvalue weighted by molar-refractivity contribution is -0.0639. The Morgan fingerprint density at radius 3 is 2.44 bits per heavy atom. The van der Waals surface area contributed by atoms with E-state index in [1.807, 2.05) is 0 Å². The molecule has 27 heavy (non-hydrogen) atoms. The maximum Gasteiger partial charge on any atom is 0.366 e. The Balaban J connectivity index is 2.24. The van der Waals surface area contributed by atoms with Gasteiger partial charge in [0.05, 0.1) is 12.9 Å². The number of aromatic nitrogens is 2. The van der Waals surface area contributed by atoms with Crippen LogP contribution in [-0.4, -0.2) is 58.6 Å². The highest BCUT2D eigenvalue weighted by Crippen LogP contribution is 2.60. The molecule has 0 spiro atoms. The second kappa shape index (κ2) is 7.87. The van der Waals surface area contributed by atoms with Crippen molar-refractivity contribution in [1.29, 1.82) is 0 Å². The van der Waals surface area contributed by atoms with Gasteiger partial charge in [-0.2, -0.15) is 4.98 Å². The quantitative estimate of drug-likeness (QED) is 0.287. The molecule has 1 fully saturated rings. The van der Waals surface area contributed by atoms with Gasteiger partial charge >= 0.3 is 20.9 Å². The van der Waals surface area contributed by atoms with Crippen molar-refractivity contribution >= 4 is 21.0 Å². The molecule has 2 rings (SSSR count). The molecule has 3 atom stereocenters. The highest BCUT2D eigenvalue weighted by molar-refractivity contribution is 7.70. The minimum atomic E-state index is -5.37. The van der Waals surface area contributed by atoms with Crippen molar-refractivity contribution in [2.24, 2.45) is 0 Å². The van der Waals surface area contributed by atoms with E-state index in [1.54, 1.807) is 0 Å². The zero-order chi connectivity index (χ0) is 20.6. The van der Waals surface area contributed by atoms with Gasteiger partial charge in [-0.15, -0.1) is 0 Å². The number of aliphatic hydroxyl groups excluding tert-OH is 1. The molecule has 16 heteroatoms. The number of hydrogen-bond acceptors (Lipinski definition) is 8. The third-order valence-corrected chi connectivity index (χ3v) is 6.75. The first-order chi connectivity index (χ1) is 12.4. The molecule has 0 bridgehead atoms. The fourth-order valence-corrected chi connectivity index (χ4v) is 4.46. The molecule has 13 nitrogen and oxygen atoms in total. The summed E-state index contributed by atoms with van der Waals surface area (Å²) in [4.78, 5) is 51.3. The van der Waals surface area contributed by atoms with Crippen LogP contribution in [-0.2, 0) is 18.6 Å². The van der Waals surface area contributed by atoms with Crippen LogP contribution in [0.25, 0.3) is 0 Å². The van der Waals surface area contributed by atoms with Crippen LogP contribution in [0.1, 0.15) is 6.23 Å². The second-order valence-electron chi connectivity index (χ2n) is 5.46. The van der Waals surface area contributed by atoms with Gasteiger partial charge in [0.25, 0.3) is 5.59 Å². The molecule has 1 aromatic heterocycles. The third kappa shape index (κ3) is 4.88. The summed E-state index contributed by atoms with van der Waals surface area (Å²) < 4.78 is 46.2. The Labute approximate surface area is 150 Å². The van der Waals surface area contributed by atoms with Crippen molar-refractivity contribution in [3.63, 3.8) is 0 Å². The molecule has 0 saturated carbocycles. The van der Waals surface area contributed by atoms with E-state index >= 15 is 0 Å². The van der Waals surface area contributed by atoms with E-state index in [-0.39, 0.29) is 12.1 Å². The molecule has 0 radical (unpaired) electrons. The standard InChI is InChI=1S/C11H16FN3O10P2/c12-3-5-8(16)6(4-24-11(26(18,19)20)27(21,22)23)25-9(5)15-2-1-7(13)14-10(15)17/h1-3,6,8-9,11,16H,4H2,(H2,13,14,17)(H2,18,19,20)(H2,21,22,23)/b5-3+/t6-,8?,9-/m1/s1. The van der Waals surface area contributed by atoms with Crippen molar-refractivity contribution < 1.29 is 47.7 Å². The molecule has 1 saturated heterocycles. The van der Waals surface area contributed by atoms with Gasteiger partial charge in [0.15, 0.2) is 6.23 Å². The Kier molecular flexibility index (Phi) is 6.37. The Hall–Kier alpha value is -1.47. The third-order valence-electron chi connectivity index (χ3n) is 3.50. The lowest BCUT2D eigenvalue weighted by atomic mass is 10.1. The van der Waals surface area contributed by atoms with E-state index in [0.29, 0.717) is 0 Å². The van der Waals surface area contributed by atoms with Gasteiger partial charge < -0.3 is 39.9 Å². The first kappa shape index (κ1) is 21.8. The van der Waals surface area contributed by atoms with Gasteiger partial charge in [-0.05, 0) is 6.07 Å². The Morgan fingerprint density at radius 1 is 1.37 bits per heavy atom. The monoisotopic (exact) mass is 431 g/mol. The lowest BCUT2D eigenvalue weighted by Crippen LogP contribution is -2.30. The van der Waals surface area contributed by atoms with E-state index in [2.05, 4.69) is 9.72 Å². The highest BCUT2D eigenvalue weighted by atomic mass is 31.2. The lowest BCUT2D eigenvalue weighted by Gasteiger charge is -2.22. The number of anilines is 1. The van der Waals surface area contributed by atoms with Crippen LogP contribution in [0, 0.1) is 0 Å². The molecule has 152 valence electrons. The SMILES string of the molecule is Nc1ccn([C@@H]2O[C@H](COC(P(=O)(O)O)P(=O)(O)O)C(O)/C2=C\F)c(=O)n1. The average molecular weight is 431 g/mol. The molecule has 1 aliphatic heterocycles. The molecule has 0 aromatic carbocycles. The molecule has 0 aliphatic carbocycles. The summed E-state index contributed by atoms with van der Waals surface area (Å²) in [5, 5.41) is 10.1. The van der Waals surface area contributed by atoms with Gasteiger partial charge in [-0.1, -0.05) is 0 Å². The van der Waals surface area contributed by atoms with Gasteiger partial charge in [-0.25, -0.2) is 9.18 Å². The number of halogens is 1. The number of hydrogen-bond donors (Lipinski definition) is 6. The van der Waals surface area contributed by atoms with Crippen LogP contribution in [0.2, 0.25) is 0 Å². The average Bonchev–Trinajstić information content (AvgIpc) is 2.81. The fraction of sp³-hybridized carbons (Fsp3) is 0.455. The summed E-state index contributed by atoms with van der Waals surface area (Å²) in [5.41, 5.74) is 1.17. The first-order valence-electron chi connectivity index (χ1n) is 7.06. The topological polar surface area (TPSA) is 215 Å². The van der Waals surface area contributed by atoms with Crippen molar-refractivity contribution in [2.45, 2.75) is 24.0 Å². The maximum atomic E-state index is 13.2. The second-order valence-corrected chi connectivity index (χ2v) is 9.16. The molecular weight excluding hydrogens is 415 g/mol. The molecule has 1 aliphatic rings. The predicted octanol–water partition coefficient (Wildman–Crippen LogP) is -1.41. The van der Waals surface area contributed by atoms with E-state index in [1.165, 1.54) is 6.07 Å². The number of aliphatic hydroxyl groups is 1. The minimum absolute atomic E-state index is 0.0401. The summed E-state index contributed by atoms with van der Waals surface area (Å²) in [6.07, 6.45) is -3.65. The molecular formula is C11H16FN3O10P2. The minimum Gasteiger partial charge on any atom is -0.386 e. The smallest absolute Gasteiger partial charge is 0.366 e. The largest absolute Gasteiger partial charge is 0.386 e. The number of nitrogens with zero attached hydrogens (tertiary/aromatic N) is 2. The van der Waals surface area contributed by atoms with E-state index in [4.69, 9.17) is 30.0 Å². The van der Waals surface area contributed by atoms with Crippen molar-refractivity contribution in [1.82, 2.24) is 9.55 Å². The van der Waals surface area contributed by atoms with Crippen molar-refractivity contribution in [3.8, 4) is 0 Å². The van der Waals surface area contributed by atoms with Gasteiger partial charge in [-0.3, -0.25) is 13.7 Å². The molecule has 2 heterocycles. The van der Waals surface area contributed by atoms with Crippen LogP contribution >= 0.6 is 15.2 Å². The Bertz CT molecular complexity index is 857. The number of rotatable bonds is 6. The summed E-state index contributed by atoms with van der Waals surface area (Å²) >= 11 is 0. The van der Waals surface area contributed by atoms with Crippen LogP contribution in [0.15, 0.2) is 29.0 Å². The van der Waals surface area contributed by atoms with E-state index in [9.17, 15) is 23.4 Å². The maximum absolute atomic E-state index is 13.2. The molecule has 0 amide bonds. The Morgan fingerprint density at radius 2 is 1.96 bits per heavy atom. The van der Waals surface area contributed by atoms with Gasteiger partial charge in [0, 0.05) is 11.8 Å². The van der Waals surface area contributed by atoms with Crippen LogP contribution in [0.5, 0.6) is 0 Å². The number of nitrogen functional groups attached to an aromatic ring is 1. The first-order valence-corrected chi connectivity index (χ1v) is 10.4. The fourth-order valence-electron chi connectivity index (χ4n) is 2.33. The molecule has 1 unspecified atom stereocenters. The van der Waals surface area contributed by atoms with Gasteiger partial charge in [0.1, 0.15) is 18.0 Å². The highest BCUT2D eigenvalue weighted by Gasteiger charge is 2.47. The zero-order valence-corrected chi connectivity index (χ0v) is 15.1. The summed E-state index contributed by atoms with van der Waals surface area (Å²) in [7, 11) is -10.7. The molecule has 7 N–H and O–H groups in total.